The molecule has 3 heterocycles. The molecular formula is C19H24O5. The molecular weight excluding hydrogens is 308 g/mol. The standard InChI is InChI=1S/C19H24O5/c1-12-14-9-22-7-5-3-4-6-19(21-2)8-13(14)15(11-24-19)16-10-23-18(20)17(12)16/h3-11H2,1-2H3. The molecule has 24 heavy (non-hydrogen) atoms. The van der Waals surface area contributed by atoms with E-state index < -0.39 is 5.79 Å². The van der Waals surface area contributed by atoms with E-state index in [2.05, 4.69) is 0 Å². The molecule has 0 aliphatic carbocycles. The number of benzene rings is 1. The molecule has 1 aromatic carbocycles. The van der Waals surface area contributed by atoms with Gasteiger partial charge < -0.3 is 18.9 Å². The maximum absolute atomic E-state index is 12.2. The zero-order valence-corrected chi connectivity index (χ0v) is 14.4. The second-order valence-electron chi connectivity index (χ2n) is 6.93. The van der Waals surface area contributed by atoms with Crippen molar-refractivity contribution in [1.29, 1.82) is 0 Å². The van der Waals surface area contributed by atoms with E-state index in [1.165, 1.54) is 5.56 Å². The summed E-state index contributed by atoms with van der Waals surface area (Å²) in [6.07, 6.45) is 4.80. The molecule has 0 N–H and O–H groups in total. The number of carbonyl (C=O) groups excluding carboxylic acids is 1. The van der Waals surface area contributed by atoms with E-state index in [4.69, 9.17) is 18.9 Å². The first-order valence-electron chi connectivity index (χ1n) is 8.75. The minimum atomic E-state index is -0.559. The summed E-state index contributed by atoms with van der Waals surface area (Å²) >= 11 is 0. The van der Waals surface area contributed by atoms with E-state index in [0.29, 0.717) is 26.2 Å². The SMILES string of the molecule is COC12CCCCCOCc3c(C)c4c(c(c3C1)CO2)COC4=O. The second-order valence-corrected chi connectivity index (χ2v) is 6.93. The molecule has 1 atom stereocenters. The molecule has 0 aromatic heterocycles. The Morgan fingerprint density at radius 2 is 1.88 bits per heavy atom. The van der Waals surface area contributed by atoms with Crippen molar-refractivity contribution in [2.24, 2.45) is 0 Å². The fourth-order valence-corrected chi connectivity index (χ4v) is 4.21. The summed E-state index contributed by atoms with van der Waals surface area (Å²) in [5, 5.41) is 0. The van der Waals surface area contributed by atoms with Crippen LogP contribution in [0, 0.1) is 6.92 Å². The van der Waals surface area contributed by atoms with Gasteiger partial charge in [0.15, 0.2) is 5.79 Å². The van der Waals surface area contributed by atoms with E-state index in [0.717, 1.165) is 60.1 Å². The van der Waals surface area contributed by atoms with Crippen molar-refractivity contribution >= 4 is 5.97 Å². The number of methoxy groups -OCH3 is 1. The maximum atomic E-state index is 12.2. The Labute approximate surface area is 142 Å². The number of cyclic esters (lactones) is 1. The minimum Gasteiger partial charge on any atom is -0.457 e. The highest BCUT2D eigenvalue weighted by atomic mass is 16.7. The number of esters is 1. The number of rotatable bonds is 1. The van der Waals surface area contributed by atoms with E-state index >= 15 is 0 Å². The lowest BCUT2D eigenvalue weighted by Crippen LogP contribution is -2.41. The highest BCUT2D eigenvalue weighted by Gasteiger charge is 2.40. The number of ether oxygens (including phenoxy) is 4. The summed E-state index contributed by atoms with van der Waals surface area (Å²) in [5.41, 5.74) is 6.17. The zero-order valence-electron chi connectivity index (χ0n) is 14.4. The molecule has 0 fully saturated rings. The minimum absolute atomic E-state index is 0.223. The largest absolute Gasteiger partial charge is 0.457 e. The van der Waals surface area contributed by atoms with Gasteiger partial charge >= 0.3 is 5.97 Å². The Morgan fingerprint density at radius 3 is 2.71 bits per heavy atom. The first-order chi connectivity index (χ1) is 11.7. The van der Waals surface area contributed by atoms with E-state index in [-0.39, 0.29) is 5.97 Å². The Bertz CT molecular complexity index is 681. The van der Waals surface area contributed by atoms with Gasteiger partial charge in [-0.3, -0.25) is 0 Å². The first kappa shape index (κ1) is 16.1. The van der Waals surface area contributed by atoms with Crippen LogP contribution < -0.4 is 0 Å². The summed E-state index contributed by atoms with van der Waals surface area (Å²) in [4.78, 5) is 12.2. The quantitative estimate of drug-likeness (QED) is 0.739. The topological polar surface area (TPSA) is 54.0 Å². The first-order valence-corrected chi connectivity index (χ1v) is 8.75. The maximum Gasteiger partial charge on any atom is 0.339 e. The monoisotopic (exact) mass is 332 g/mol. The fourth-order valence-electron chi connectivity index (χ4n) is 4.21. The number of carbonyl (C=O) groups is 1. The number of hydrogen-bond acceptors (Lipinski definition) is 5. The molecule has 5 heteroatoms. The molecule has 1 unspecified atom stereocenters. The van der Waals surface area contributed by atoms with E-state index in [1.54, 1.807) is 7.11 Å². The zero-order chi connectivity index (χ0) is 16.7. The van der Waals surface area contributed by atoms with Gasteiger partial charge in [0, 0.05) is 32.1 Å². The molecule has 4 rings (SSSR count). The Balaban J connectivity index is 1.87. The average molecular weight is 332 g/mol. The van der Waals surface area contributed by atoms with Crippen LogP contribution in [0.15, 0.2) is 0 Å². The predicted octanol–water partition coefficient (Wildman–Crippen LogP) is 3.17. The van der Waals surface area contributed by atoms with Crippen molar-refractivity contribution in [2.75, 3.05) is 13.7 Å². The van der Waals surface area contributed by atoms with Crippen LogP contribution in [0.3, 0.4) is 0 Å². The smallest absolute Gasteiger partial charge is 0.339 e. The van der Waals surface area contributed by atoms with Crippen LogP contribution in [0.2, 0.25) is 0 Å². The Morgan fingerprint density at radius 1 is 1.00 bits per heavy atom. The van der Waals surface area contributed by atoms with Gasteiger partial charge in [0.25, 0.3) is 0 Å². The van der Waals surface area contributed by atoms with Crippen molar-refractivity contribution in [2.45, 2.75) is 64.6 Å². The van der Waals surface area contributed by atoms with Gasteiger partial charge in [0.1, 0.15) is 6.61 Å². The summed E-state index contributed by atoms with van der Waals surface area (Å²) in [7, 11) is 1.73. The Hall–Kier alpha value is -1.43. The summed E-state index contributed by atoms with van der Waals surface area (Å²) in [6, 6.07) is 0. The van der Waals surface area contributed by atoms with Crippen LogP contribution >= 0.6 is 0 Å². The van der Waals surface area contributed by atoms with Gasteiger partial charge in [-0.1, -0.05) is 6.42 Å². The molecule has 0 saturated heterocycles. The highest BCUT2D eigenvalue weighted by Crippen LogP contribution is 2.41. The molecule has 1 aromatic rings. The number of hydrogen-bond donors (Lipinski definition) is 0. The third-order valence-electron chi connectivity index (χ3n) is 5.66. The molecule has 5 nitrogen and oxygen atoms in total. The van der Waals surface area contributed by atoms with Crippen LogP contribution in [0.4, 0.5) is 0 Å². The lowest BCUT2D eigenvalue weighted by molar-refractivity contribution is -0.240. The average Bonchev–Trinajstić information content (AvgIpc) is 2.96. The molecule has 0 radical (unpaired) electrons. The van der Waals surface area contributed by atoms with Crippen LogP contribution in [0.5, 0.6) is 0 Å². The Kier molecular flexibility index (Phi) is 4.11. The molecule has 0 spiro atoms. The van der Waals surface area contributed by atoms with Crippen molar-refractivity contribution in [3.8, 4) is 0 Å². The molecule has 130 valence electrons. The van der Waals surface area contributed by atoms with E-state index in [1.807, 2.05) is 6.92 Å². The van der Waals surface area contributed by atoms with Crippen LogP contribution in [0.25, 0.3) is 0 Å². The van der Waals surface area contributed by atoms with Crippen molar-refractivity contribution < 1.29 is 23.7 Å². The molecule has 3 aliphatic rings. The van der Waals surface area contributed by atoms with Gasteiger partial charge in [-0.25, -0.2) is 4.79 Å². The van der Waals surface area contributed by atoms with Gasteiger partial charge in [-0.2, -0.15) is 0 Å². The van der Waals surface area contributed by atoms with Crippen molar-refractivity contribution in [3.63, 3.8) is 0 Å². The third kappa shape index (κ3) is 2.46. The third-order valence-corrected chi connectivity index (χ3v) is 5.66. The van der Waals surface area contributed by atoms with Crippen molar-refractivity contribution in [1.82, 2.24) is 0 Å². The van der Waals surface area contributed by atoms with Gasteiger partial charge in [-0.15, -0.1) is 0 Å². The summed E-state index contributed by atoms with van der Waals surface area (Å²) in [6.45, 7) is 4.11. The predicted molar refractivity (Wildman–Crippen MR) is 86.7 cm³/mol. The lowest BCUT2D eigenvalue weighted by Gasteiger charge is -2.39. The number of fused-ring (bicyclic) bond motifs is 3. The fraction of sp³-hybridized carbons (Fsp3) is 0.632. The highest BCUT2D eigenvalue weighted by molar-refractivity contribution is 5.96. The second kappa shape index (κ2) is 6.14. The molecule has 0 amide bonds. The van der Waals surface area contributed by atoms with Crippen LogP contribution in [-0.2, 0) is 45.2 Å². The molecule has 2 bridgehead atoms. The van der Waals surface area contributed by atoms with Gasteiger partial charge in [-0.05, 0) is 42.0 Å². The van der Waals surface area contributed by atoms with E-state index in [9.17, 15) is 4.79 Å². The van der Waals surface area contributed by atoms with Gasteiger partial charge in [0.2, 0.25) is 0 Å². The molecule has 0 saturated carbocycles. The lowest BCUT2D eigenvalue weighted by atomic mass is 9.83. The van der Waals surface area contributed by atoms with Crippen LogP contribution in [-0.4, -0.2) is 25.5 Å². The van der Waals surface area contributed by atoms with Gasteiger partial charge in [0.05, 0.1) is 18.8 Å². The summed E-state index contributed by atoms with van der Waals surface area (Å²) in [5.74, 6) is -0.782. The van der Waals surface area contributed by atoms with Crippen molar-refractivity contribution in [3.05, 3.63) is 33.4 Å². The summed E-state index contributed by atoms with van der Waals surface area (Å²) < 4.78 is 23.2. The molecule has 3 aliphatic heterocycles. The normalized spacial score (nSPS) is 26.5. The van der Waals surface area contributed by atoms with Crippen LogP contribution in [0.1, 0.15) is 63.9 Å².